The molecule has 2 aliphatic heterocycles. The number of nitrogens with zero attached hydrogens (tertiary/aromatic N) is 2. The maximum atomic E-state index is 11.3. The molecule has 0 bridgehead atoms. The van der Waals surface area contributed by atoms with E-state index in [9.17, 15) is 10.1 Å². The summed E-state index contributed by atoms with van der Waals surface area (Å²) in [5.74, 6) is 0.618. The molecule has 2 heterocycles. The molecular formula is C16H22N2O3. The van der Waals surface area contributed by atoms with Gasteiger partial charge in [-0.2, -0.15) is 0 Å². The predicted octanol–water partition coefficient (Wildman–Crippen LogP) is 3.30. The molecule has 0 spiro atoms. The van der Waals surface area contributed by atoms with Crippen molar-refractivity contribution < 1.29 is 9.66 Å². The van der Waals surface area contributed by atoms with E-state index >= 15 is 0 Å². The molecule has 3 rings (SSSR count). The zero-order valence-electron chi connectivity index (χ0n) is 12.5. The van der Waals surface area contributed by atoms with Crippen LogP contribution in [0.15, 0.2) is 18.2 Å². The van der Waals surface area contributed by atoms with E-state index in [0.717, 1.165) is 43.8 Å². The number of nitro groups is 1. The van der Waals surface area contributed by atoms with Crippen molar-refractivity contribution >= 4 is 11.4 Å². The fraction of sp³-hybridized carbons (Fsp3) is 0.625. The van der Waals surface area contributed by atoms with Crippen LogP contribution in [0.3, 0.4) is 0 Å². The second kappa shape index (κ2) is 6.02. The molecule has 0 aromatic heterocycles. The van der Waals surface area contributed by atoms with E-state index in [1.807, 2.05) is 12.1 Å². The Kier molecular flexibility index (Phi) is 4.10. The second-order valence-corrected chi connectivity index (χ2v) is 6.08. The van der Waals surface area contributed by atoms with Crippen molar-refractivity contribution in [3.63, 3.8) is 0 Å². The third-order valence-electron chi connectivity index (χ3n) is 4.77. The van der Waals surface area contributed by atoms with E-state index in [-0.39, 0.29) is 10.6 Å². The van der Waals surface area contributed by atoms with Gasteiger partial charge in [-0.15, -0.1) is 0 Å². The summed E-state index contributed by atoms with van der Waals surface area (Å²) < 4.78 is 5.79. The molecule has 1 atom stereocenters. The zero-order valence-corrected chi connectivity index (χ0v) is 12.5. The first kappa shape index (κ1) is 14.3. The lowest BCUT2D eigenvalue weighted by Gasteiger charge is -2.35. The lowest BCUT2D eigenvalue weighted by Crippen LogP contribution is -2.38. The molecule has 2 aliphatic rings. The molecule has 0 radical (unpaired) electrons. The Morgan fingerprint density at radius 1 is 1.29 bits per heavy atom. The minimum atomic E-state index is -0.253. The van der Waals surface area contributed by atoms with Crippen LogP contribution in [-0.2, 0) is 4.74 Å². The largest absolute Gasteiger partial charge is 0.378 e. The van der Waals surface area contributed by atoms with E-state index in [1.165, 1.54) is 12.8 Å². The van der Waals surface area contributed by atoms with E-state index in [1.54, 1.807) is 13.0 Å². The van der Waals surface area contributed by atoms with Gasteiger partial charge in [-0.3, -0.25) is 10.1 Å². The molecule has 0 amide bonds. The summed E-state index contributed by atoms with van der Waals surface area (Å²) in [6.45, 7) is 4.47. The highest BCUT2D eigenvalue weighted by molar-refractivity contribution is 5.66. The summed E-state index contributed by atoms with van der Waals surface area (Å²) in [5.41, 5.74) is 1.76. The molecule has 2 fully saturated rings. The summed E-state index contributed by atoms with van der Waals surface area (Å²) in [7, 11) is 0. The van der Waals surface area contributed by atoms with E-state index in [0.29, 0.717) is 12.0 Å². The minimum Gasteiger partial charge on any atom is -0.378 e. The van der Waals surface area contributed by atoms with Gasteiger partial charge >= 0.3 is 0 Å². The Labute approximate surface area is 125 Å². The van der Waals surface area contributed by atoms with Crippen LogP contribution >= 0.6 is 0 Å². The van der Waals surface area contributed by atoms with Crippen molar-refractivity contribution in [3.8, 4) is 0 Å². The van der Waals surface area contributed by atoms with E-state index < -0.39 is 0 Å². The molecule has 1 aromatic rings. The molecule has 0 saturated carbocycles. The molecule has 2 saturated heterocycles. The standard InChI is InChI=1S/C16H22N2O3/c1-12-4-2-5-14(16(12)18(19)20)17-9-7-13(8-10-17)15-6-3-11-21-15/h2,4-5,13,15H,3,6-11H2,1H3. The summed E-state index contributed by atoms with van der Waals surface area (Å²) in [6, 6.07) is 5.59. The Bertz CT molecular complexity index is 518. The van der Waals surface area contributed by atoms with Crippen LogP contribution in [0.4, 0.5) is 11.4 Å². The van der Waals surface area contributed by atoms with Gasteiger partial charge < -0.3 is 9.64 Å². The number of piperidine rings is 1. The number of para-hydroxylation sites is 1. The SMILES string of the molecule is Cc1cccc(N2CCC(C3CCCO3)CC2)c1[N+](=O)[O-]. The van der Waals surface area contributed by atoms with Crippen LogP contribution in [0, 0.1) is 23.0 Å². The van der Waals surface area contributed by atoms with Crippen molar-refractivity contribution in [2.45, 2.75) is 38.7 Å². The second-order valence-electron chi connectivity index (χ2n) is 6.08. The lowest BCUT2D eigenvalue weighted by atomic mass is 9.89. The minimum absolute atomic E-state index is 0.253. The third-order valence-corrected chi connectivity index (χ3v) is 4.77. The van der Waals surface area contributed by atoms with Gasteiger partial charge in [0.15, 0.2) is 0 Å². The normalized spacial score (nSPS) is 23.5. The summed E-state index contributed by atoms with van der Waals surface area (Å²) in [4.78, 5) is 13.2. The molecule has 21 heavy (non-hydrogen) atoms. The van der Waals surface area contributed by atoms with Crippen LogP contribution in [-0.4, -0.2) is 30.7 Å². The van der Waals surface area contributed by atoms with Crippen LogP contribution in [0.2, 0.25) is 0 Å². The predicted molar refractivity (Wildman–Crippen MR) is 81.7 cm³/mol. The number of hydrogen-bond acceptors (Lipinski definition) is 4. The monoisotopic (exact) mass is 290 g/mol. The lowest BCUT2D eigenvalue weighted by molar-refractivity contribution is -0.384. The molecular weight excluding hydrogens is 268 g/mol. The number of nitro benzene ring substituents is 1. The average molecular weight is 290 g/mol. The Hall–Kier alpha value is -1.62. The fourth-order valence-corrected chi connectivity index (χ4v) is 3.62. The molecule has 114 valence electrons. The number of benzene rings is 1. The summed E-state index contributed by atoms with van der Waals surface area (Å²) >= 11 is 0. The van der Waals surface area contributed by atoms with Gasteiger partial charge in [0.25, 0.3) is 5.69 Å². The van der Waals surface area contributed by atoms with E-state index in [2.05, 4.69) is 4.90 Å². The van der Waals surface area contributed by atoms with Crippen molar-refractivity contribution in [1.29, 1.82) is 0 Å². The molecule has 0 N–H and O–H groups in total. The highest BCUT2D eigenvalue weighted by atomic mass is 16.6. The maximum Gasteiger partial charge on any atom is 0.295 e. The van der Waals surface area contributed by atoms with Gasteiger partial charge in [0.1, 0.15) is 5.69 Å². The molecule has 5 nitrogen and oxygen atoms in total. The Morgan fingerprint density at radius 2 is 2.05 bits per heavy atom. The number of anilines is 1. The van der Waals surface area contributed by atoms with Gasteiger partial charge in [-0.1, -0.05) is 12.1 Å². The summed E-state index contributed by atoms with van der Waals surface area (Å²) in [5, 5.41) is 11.3. The van der Waals surface area contributed by atoms with Crippen LogP contribution < -0.4 is 4.90 Å². The van der Waals surface area contributed by atoms with Crippen molar-refractivity contribution in [2.75, 3.05) is 24.6 Å². The van der Waals surface area contributed by atoms with Crippen molar-refractivity contribution in [1.82, 2.24) is 0 Å². The molecule has 0 aliphatic carbocycles. The third kappa shape index (κ3) is 2.88. The van der Waals surface area contributed by atoms with Crippen LogP contribution in [0.5, 0.6) is 0 Å². The van der Waals surface area contributed by atoms with Gasteiger partial charge in [0.05, 0.1) is 11.0 Å². The van der Waals surface area contributed by atoms with Crippen LogP contribution in [0.1, 0.15) is 31.2 Å². The fourth-order valence-electron chi connectivity index (χ4n) is 3.62. The van der Waals surface area contributed by atoms with Crippen molar-refractivity contribution in [3.05, 3.63) is 33.9 Å². The van der Waals surface area contributed by atoms with Gasteiger partial charge in [0, 0.05) is 25.3 Å². The molecule has 5 heteroatoms. The van der Waals surface area contributed by atoms with Crippen LogP contribution in [0.25, 0.3) is 0 Å². The number of aryl methyl sites for hydroxylation is 1. The topological polar surface area (TPSA) is 55.6 Å². The Balaban J connectivity index is 1.72. The first-order valence-electron chi connectivity index (χ1n) is 7.77. The quantitative estimate of drug-likeness (QED) is 0.633. The average Bonchev–Trinajstić information content (AvgIpc) is 3.01. The first-order chi connectivity index (χ1) is 10.2. The number of ether oxygens (including phenoxy) is 1. The number of rotatable bonds is 3. The van der Waals surface area contributed by atoms with Gasteiger partial charge in [-0.25, -0.2) is 0 Å². The molecule has 1 unspecified atom stereocenters. The maximum absolute atomic E-state index is 11.3. The van der Waals surface area contributed by atoms with Gasteiger partial charge in [-0.05, 0) is 44.6 Å². The van der Waals surface area contributed by atoms with Gasteiger partial charge in [0.2, 0.25) is 0 Å². The highest BCUT2D eigenvalue weighted by Crippen LogP contribution is 2.35. The Morgan fingerprint density at radius 3 is 2.67 bits per heavy atom. The first-order valence-corrected chi connectivity index (χ1v) is 7.77. The summed E-state index contributed by atoms with van der Waals surface area (Å²) in [6.07, 6.45) is 4.90. The smallest absolute Gasteiger partial charge is 0.295 e. The van der Waals surface area contributed by atoms with Crippen molar-refractivity contribution in [2.24, 2.45) is 5.92 Å². The van der Waals surface area contributed by atoms with E-state index in [4.69, 9.17) is 4.74 Å². The molecule has 1 aromatic carbocycles. The zero-order chi connectivity index (χ0) is 14.8. The highest BCUT2D eigenvalue weighted by Gasteiger charge is 2.31. The number of hydrogen-bond donors (Lipinski definition) is 0.